The Morgan fingerprint density at radius 3 is 2.13 bits per heavy atom. The van der Waals surface area contributed by atoms with Gasteiger partial charge in [-0.3, -0.25) is 9.69 Å². The van der Waals surface area contributed by atoms with E-state index < -0.39 is 17.5 Å². The molecule has 2 saturated heterocycles. The number of carbonyl (C=O) groups is 2. The fourth-order valence-corrected chi connectivity index (χ4v) is 4.18. The quantitative estimate of drug-likeness (QED) is 0.561. The first-order chi connectivity index (χ1) is 17.7. The number of halogens is 3. The summed E-state index contributed by atoms with van der Waals surface area (Å²) in [5, 5.41) is 2.92. The number of carbonyl (C=O) groups excluding carboxylic acids is 2. The van der Waals surface area contributed by atoms with Gasteiger partial charge in [0.25, 0.3) is 0 Å². The summed E-state index contributed by atoms with van der Waals surface area (Å²) in [5.41, 5.74) is -1.55. The van der Waals surface area contributed by atoms with Gasteiger partial charge in [-0.15, -0.1) is 0 Å². The van der Waals surface area contributed by atoms with Crippen molar-refractivity contribution in [3.05, 3.63) is 11.8 Å². The molecule has 2 aliphatic rings. The average molecular weight is 544 g/mol. The van der Waals surface area contributed by atoms with E-state index in [1.165, 1.54) is 0 Å². The number of alkyl halides is 3. The molecule has 0 bridgehead atoms. The molecule has 2 aliphatic heterocycles. The van der Waals surface area contributed by atoms with E-state index >= 15 is 0 Å². The monoisotopic (exact) mass is 543 g/mol. The lowest BCUT2D eigenvalue weighted by atomic mass is 10.1. The summed E-state index contributed by atoms with van der Waals surface area (Å²) >= 11 is 0. The number of piperazine rings is 2. The van der Waals surface area contributed by atoms with Gasteiger partial charge in [-0.05, 0) is 33.1 Å². The minimum atomic E-state index is -4.58. The number of nitrogens with one attached hydrogen (secondary N) is 1. The third-order valence-electron chi connectivity index (χ3n) is 6.35. The molecule has 1 aromatic heterocycles. The molecular formula is C25H40F3N7O3. The van der Waals surface area contributed by atoms with E-state index in [0.29, 0.717) is 64.8 Å². The Kier molecular flexibility index (Phi) is 9.66. The lowest BCUT2D eigenvalue weighted by Crippen LogP contribution is -2.55. The first-order valence-corrected chi connectivity index (χ1v) is 13.1. The Morgan fingerprint density at radius 1 is 0.974 bits per heavy atom. The van der Waals surface area contributed by atoms with Crippen LogP contribution in [0.5, 0.6) is 0 Å². The highest BCUT2D eigenvalue weighted by molar-refractivity contribution is 5.79. The molecule has 0 aliphatic carbocycles. The largest absolute Gasteiger partial charge is 0.444 e. The predicted molar refractivity (Wildman–Crippen MR) is 138 cm³/mol. The Morgan fingerprint density at radius 2 is 1.58 bits per heavy atom. The van der Waals surface area contributed by atoms with Gasteiger partial charge in [0.2, 0.25) is 11.9 Å². The highest BCUT2D eigenvalue weighted by atomic mass is 19.4. The van der Waals surface area contributed by atoms with E-state index in [1.807, 2.05) is 39.5 Å². The van der Waals surface area contributed by atoms with Crippen LogP contribution >= 0.6 is 0 Å². The highest BCUT2D eigenvalue weighted by Gasteiger charge is 2.35. The topological polar surface area (TPSA) is 94.1 Å². The summed E-state index contributed by atoms with van der Waals surface area (Å²) in [4.78, 5) is 40.2. The second-order valence-corrected chi connectivity index (χ2v) is 11.2. The number of aromatic nitrogens is 2. The number of amides is 2. The van der Waals surface area contributed by atoms with Crippen LogP contribution in [0.1, 0.15) is 46.7 Å². The lowest BCUT2D eigenvalue weighted by molar-refractivity contribution is -0.141. The van der Waals surface area contributed by atoms with Crippen molar-refractivity contribution in [2.24, 2.45) is 5.92 Å². The van der Waals surface area contributed by atoms with Crippen molar-refractivity contribution in [1.82, 2.24) is 24.7 Å². The Balaban J connectivity index is 1.51. The van der Waals surface area contributed by atoms with Crippen molar-refractivity contribution >= 4 is 23.8 Å². The fraction of sp³-hybridized carbons (Fsp3) is 0.760. The maximum absolute atomic E-state index is 13.5. The maximum Gasteiger partial charge on any atom is 0.433 e. The fourth-order valence-electron chi connectivity index (χ4n) is 4.18. The average Bonchev–Trinajstić information content (AvgIpc) is 2.82. The van der Waals surface area contributed by atoms with Crippen molar-refractivity contribution in [2.45, 2.75) is 52.8 Å². The van der Waals surface area contributed by atoms with Crippen molar-refractivity contribution in [3.63, 3.8) is 0 Å². The second-order valence-electron chi connectivity index (χ2n) is 11.2. The van der Waals surface area contributed by atoms with Gasteiger partial charge in [-0.25, -0.2) is 9.78 Å². The zero-order valence-electron chi connectivity index (χ0n) is 23.0. The van der Waals surface area contributed by atoms with Crippen LogP contribution < -0.4 is 10.2 Å². The molecule has 2 fully saturated rings. The SMILES string of the molecule is CC(C)CCNc1nc(N2CCN(CC(=O)N3CCN(C(=O)OC(C)(C)C)CC3)CC2)cc(C(F)(F)F)n1. The number of hydrogen-bond acceptors (Lipinski definition) is 8. The van der Waals surface area contributed by atoms with Gasteiger partial charge in [-0.2, -0.15) is 18.2 Å². The molecule has 38 heavy (non-hydrogen) atoms. The third kappa shape index (κ3) is 8.88. The Hall–Kier alpha value is -2.83. The van der Waals surface area contributed by atoms with Crippen molar-refractivity contribution < 1.29 is 27.5 Å². The second kappa shape index (κ2) is 12.4. The van der Waals surface area contributed by atoms with Gasteiger partial charge in [0.05, 0.1) is 6.54 Å². The molecule has 1 aromatic rings. The number of hydrogen-bond donors (Lipinski definition) is 1. The van der Waals surface area contributed by atoms with Crippen LogP contribution in [0.3, 0.4) is 0 Å². The van der Waals surface area contributed by atoms with Gasteiger partial charge in [0, 0.05) is 65.0 Å². The van der Waals surface area contributed by atoms with E-state index in [2.05, 4.69) is 15.3 Å². The normalized spacial score (nSPS) is 17.7. The molecule has 2 amide bonds. The van der Waals surface area contributed by atoms with E-state index in [1.54, 1.807) is 14.7 Å². The minimum absolute atomic E-state index is 0.0275. The highest BCUT2D eigenvalue weighted by Crippen LogP contribution is 2.31. The van der Waals surface area contributed by atoms with Crippen molar-refractivity contribution in [3.8, 4) is 0 Å². The van der Waals surface area contributed by atoms with Crippen LogP contribution in [0, 0.1) is 5.92 Å². The first-order valence-electron chi connectivity index (χ1n) is 13.1. The Labute approximate surface area is 222 Å². The van der Waals surface area contributed by atoms with Gasteiger partial charge in [0.1, 0.15) is 11.4 Å². The van der Waals surface area contributed by atoms with E-state index in [4.69, 9.17) is 4.74 Å². The summed E-state index contributed by atoms with van der Waals surface area (Å²) in [6, 6.07) is 0.985. The zero-order valence-corrected chi connectivity index (χ0v) is 23.0. The number of rotatable bonds is 7. The summed E-state index contributed by atoms with van der Waals surface area (Å²) in [6.07, 6.45) is -4.16. The van der Waals surface area contributed by atoms with Gasteiger partial charge in [-0.1, -0.05) is 13.8 Å². The summed E-state index contributed by atoms with van der Waals surface area (Å²) in [7, 11) is 0. The third-order valence-corrected chi connectivity index (χ3v) is 6.35. The van der Waals surface area contributed by atoms with Crippen LogP contribution in [-0.4, -0.2) is 108 Å². The molecule has 0 aromatic carbocycles. The predicted octanol–water partition coefficient (Wildman–Crippen LogP) is 3.15. The molecule has 0 spiro atoms. The number of anilines is 2. The smallest absolute Gasteiger partial charge is 0.433 e. The maximum atomic E-state index is 13.5. The molecule has 10 nitrogen and oxygen atoms in total. The molecule has 1 N–H and O–H groups in total. The van der Waals surface area contributed by atoms with Crippen LogP contribution in [0.25, 0.3) is 0 Å². The standard InChI is InChI=1S/C25H40F3N7O3/c1-18(2)6-7-29-22-30-19(25(26,27)28)16-20(31-22)33-10-8-32(9-11-33)17-21(36)34-12-14-35(15-13-34)23(37)38-24(3,4)5/h16,18H,6-15,17H2,1-5H3,(H,29,30,31). The minimum Gasteiger partial charge on any atom is -0.444 e. The van der Waals surface area contributed by atoms with Crippen LogP contribution in [0.15, 0.2) is 6.07 Å². The molecule has 214 valence electrons. The first kappa shape index (κ1) is 29.7. The molecule has 3 rings (SSSR count). The van der Waals surface area contributed by atoms with E-state index in [-0.39, 0.29) is 30.3 Å². The molecule has 0 unspecified atom stereocenters. The molecule has 0 radical (unpaired) electrons. The van der Waals surface area contributed by atoms with E-state index in [0.717, 1.165) is 12.5 Å². The van der Waals surface area contributed by atoms with Crippen molar-refractivity contribution in [2.75, 3.05) is 75.7 Å². The summed E-state index contributed by atoms with van der Waals surface area (Å²) in [5.74, 6) is 0.569. The number of nitrogens with zero attached hydrogens (tertiary/aromatic N) is 6. The molecule has 0 saturated carbocycles. The van der Waals surface area contributed by atoms with Crippen LogP contribution in [-0.2, 0) is 15.7 Å². The van der Waals surface area contributed by atoms with Gasteiger partial charge >= 0.3 is 12.3 Å². The molecule has 0 atom stereocenters. The summed E-state index contributed by atoms with van der Waals surface area (Å²) < 4.78 is 45.8. The molecule has 13 heteroatoms. The van der Waals surface area contributed by atoms with Gasteiger partial charge < -0.3 is 24.8 Å². The van der Waals surface area contributed by atoms with Crippen LogP contribution in [0.2, 0.25) is 0 Å². The lowest BCUT2D eigenvalue weighted by Gasteiger charge is -2.38. The Bertz CT molecular complexity index is 953. The van der Waals surface area contributed by atoms with Gasteiger partial charge in [0.15, 0.2) is 5.69 Å². The number of ether oxygens (including phenoxy) is 1. The molecular weight excluding hydrogens is 503 g/mol. The summed E-state index contributed by atoms with van der Waals surface area (Å²) in [6.45, 7) is 13.8. The molecule has 3 heterocycles. The van der Waals surface area contributed by atoms with Crippen LogP contribution in [0.4, 0.5) is 29.7 Å². The zero-order chi connectivity index (χ0) is 28.1. The van der Waals surface area contributed by atoms with E-state index in [9.17, 15) is 22.8 Å². The van der Waals surface area contributed by atoms with Crippen molar-refractivity contribution in [1.29, 1.82) is 0 Å².